The summed E-state index contributed by atoms with van der Waals surface area (Å²) in [6.45, 7) is 7.98. The number of ether oxygens (including phenoxy) is 2. The van der Waals surface area contributed by atoms with Crippen LogP contribution in [0.15, 0.2) is 24.3 Å². The number of carbonyl (C=O) groups is 3. The summed E-state index contributed by atoms with van der Waals surface area (Å²) in [4.78, 5) is 39.5. The fraction of sp³-hybridized carbons (Fsp3) is 0.640. The third-order valence-corrected chi connectivity index (χ3v) is 5.40. The molecule has 0 aromatic heterocycles. The van der Waals surface area contributed by atoms with E-state index in [0.29, 0.717) is 6.42 Å². The lowest BCUT2D eigenvalue weighted by atomic mass is 9.90. The zero-order chi connectivity index (χ0) is 24.0. The van der Waals surface area contributed by atoms with Gasteiger partial charge >= 0.3 is 11.9 Å². The average molecular weight is 449 g/mol. The Hall–Kier alpha value is -2.57. The van der Waals surface area contributed by atoms with Gasteiger partial charge < -0.3 is 19.7 Å². The van der Waals surface area contributed by atoms with Crippen LogP contribution >= 0.6 is 0 Å². The number of aryl methyl sites for hydroxylation is 1. The van der Waals surface area contributed by atoms with E-state index in [-0.39, 0.29) is 19.6 Å². The molecule has 1 amide bonds. The Morgan fingerprint density at radius 1 is 0.906 bits per heavy atom. The fourth-order valence-corrected chi connectivity index (χ4v) is 3.59. The van der Waals surface area contributed by atoms with Crippen LogP contribution in [0, 0.1) is 0 Å². The molecule has 0 aliphatic rings. The van der Waals surface area contributed by atoms with Gasteiger partial charge in [0.15, 0.2) is 0 Å². The van der Waals surface area contributed by atoms with E-state index in [1.807, 2.05) is 24.3 Å². The van der Waals surface area contributed by atoms with Gasteiger partial charge in [-0.05, 0) is 50.8 Å². The lowest BCUT2D eigenvalue weighted by Gasteiger charge is -2.29. The topological polar surface area (TPSA) is 84.9 Å². The lowest BCUT2D eigenvalue weighted by Crippen LogP contribution is -2.61. The summed E-state index contributed by atoms with van der Waals surface area (Å²) < 4.78 is 10.2. The quantitative estimate of drug-likeness (QED) is 0.248. The molecule has 32 heavy (non-hydrogen) atoms. The molecular weight excluding hydrogens is 408 g/mol. The molecule has 0 aliphatic heterocycles. The first kappa shape index (κ1) is 27.5. The SMILES string of the molecule is CCCCCCCN(C)c1ccc(CCC(NC(C)=O)(C(=O)OCC)C(=O)OCC)cc1. The molecule has 7 heteroatoms. The van der Waals surface area contributed by atoms with Crippen molar-refractivity contribution in [1.29, 1.82) is 0 Å². The number of esters is 2. The second kappa shape index (κ2) is 14.5. The number of carbonyl (C=O) groups excluding carboxylic acids is 3. The van der Waals surface area contributed by atoms with Gasteiger partial charge in [0.2, 0.25) is 11.4 Å². The van der Waals surface area contributed by atoms with Crippen molar-refractivity contribution in [3.05, 3.63) is 29.8 Å². The smallest absolute Gasteiger partial charge is 0.343 e. The van der Waals surface area contributed by atoms with E-state index in [0.717, 1.165) is 24.2 Å². The minimum Gasteiger partial charge on any atom is -0.464 e. The maximum atomic E-state index is 12.7. The number of hydrogen-bond acceptors (Lipinski definition) is 6. The van der Waals surface area contributed by atoms with Gasteiger partial charge in [0, 0.05) is 26.2 Å². The van der Waals surface area contributed by atoms with E-state index >= 15 is 0 Å². The number of hydrogen-bond donors (Lipinski definition) is 1. The first-order valence-corrected chi connectivity index (χ1v) is 11.7. The van der Waals surface area contributed by atoms with Crippen molar-refractivity contribution in [3.63, 3.8) is 0 Å². The highest BCUT2D eigenvalue weighted by Crippen LogP contribution is 2.22. The fourth-order valence-electron chi connectivity index (χ4n) is 3.59. The number of rotatable bonds is 15. The molecule has 1 rings (SSSR count). The molecule has 1 aromatic rings. The summed E-state index contributed by atoms with van der Waals surface area (Å²) in [5.41, 5.74) is 0.216. The molecule has 0 atom stereocenters. The van der Waals surface area contributed by atoms with Gasteiger partial charge in [-0.1, -0.05) is 44.7 Å². The Balaban J connectivity index is 2.87. The van der Waals surface area contributed by atoms with E-state index in [2.05, 4.69) is 24.2 Å². The van der Waals surface area contributed by atoms with Crippen molar-refractivity contribution in [2.24, 2.45) is 0 Å². The Labute approximate surface area is 192 Å². The molecule has 0 saturated heterocycles. The lowest BCUT2D eigenvalue weighted by molar-refractivity contribution is -0.168. The number of amides is 1. The summed E-state index contributed by atoms with van der Waals surface area (Å²) in [6.07, 6.45) is 6.67. The van der Waals surface area contributed by atoms with E-state index in [1.54, 1.807) is 13.8 Å². The van der Waals surface area contributed by atoms with Gasteiger partial charge in [0.05, 0.1) is 13.2 Å². The Morgan fingerprint density at radius 2 is 1.47 bits per heavy atom. The van der Waals surface area contributed by atoms with Gasteiger partial charge in [-0.15, -0.1) is 0 Å². The highest BCUT2D eigenvalue weighted by atomic mass is 16.6. The monoisotopic (exact) mass is 448 g/mol. The van der Waals surface area contributed by atoms with Crippen molar-refractivity contribution in [2.75, 3.05) is 31.7 Å². The van der Waals surface area contributed by atoms with Crippen LogP contribution in [-0.4, -0.2) is 50.2 Å². The zero-order valence-corrected chi connectivity index (χ0v) is 20.4. The van der Waals surface area contributed by atoms with Crippen LogP contribution in [0.4, 0.5) is 5.69 Å². The van der Waals surface area contributed by atoms with Crippen LogP contribution in [0.1, 0.15) is 71.8 Å². The first-order chi connectivity index (χ1) is 15.3. The summed E-state index contributed by atoms with van der Waals surface area (Å²) in [7, 11) is 2.08. The van der Waals surface area contributed by atoms with Crippen LogP contribution < -0.4 is 10.2 Å². The molecule has 0 spiro atoms. The summed E-state index contributed by atoms with van der Waals surface area (Å²) in [5.74, 6) is -2.09. The molecule has 0 radical (unpaired) electrons. The number of unbranched alkanes of at least 4 members (excludes halogenated alkanes) is 4. The third kappa shape index (κ3) is 8.52. The van der Waals surface area contributed by atoms with Gasteiger partial charge in [0.1, 0.15) is 0 Å². The van der Waals surface area contributed by atoms with E-state index in [1.165, 1.54) is 32.6 Å². The van der Waals surface area contributed by atoms with Gasteiger partial charge in [-0.3, -0.25) is 4.79 Å². The second-order valence-electron chi connectivity index (χ2n) is 8.03. The molecule has 180 valence electrons. The zero-order valence-electron chi connectivity index (χ0n) is 20.4. The first-order valence-electron chi connectivity index (χ1n) is 11.7. The van der Waals surface area contributed by atoms with Crippen molar-refractivity contribution in [1.82, 2.24) is 5.32 Å². The van der Waals surface area contributed by atoms with Crippen molar-refractivity contribution < 1.29 is 23.9 Å². The predicted octanol–water partition coefficient (Wildman–Crippen LogP) is 4.03. The normalized spacial score (nSPS) is 11.0. The van der Waals surface area contributed by atoms with Crippen LogP contribution in [-0.2, 0) is 30.3 Å². The minimum absolute atomic E-state index is 0.0524. The largest absolute Gasteiger partial charge is 0.464 e. The molecule has 0 fully saturated rings. The Kier molecular flexibility index (Phi) is 12.4. The third-order valence-electron chi connectivity index (χ3n) is 5.40. The highest BCUT2D eigenvalue weighted by molar-refractivity contribution is 6.07. The maximum Gasteiger partial charge on any atom is 0.343 e. The Bertz CT molecular complexity index is 700. The molecule has 1 N–H and O–H groups in total. The molecule has 1 aromatic carbocycles. The van der Waals surface area contributed by atoms with Crippen LogP contribution in [0.25, 0.3) is 0 Å². The standard InChI is InChI=1S/C25H40N2O5/c1-6-9-10-11-12-19-27(5)22-15-13-21(14-16-22)17-18-25(26-20(4)28,23(29)31-7-2)24(30)32-8-3/h13-16H,6-12,17-19H2,1-5H3,(H,26,28). The maximum absolute atomic E-state index is 12.7. The highest BCUT2D eigenvalue weighted by Gasteiger charge is 2.49. The van der Waals surface area contributed by atoms with Gasteiger partial charge in [-0.25, -0.2) is 9.59 Å². The van der Waals surface area contributed by atoms with Crippen LogP contribution in [0.5, 0.6) is 0 Å². The molecule has 0 saturated carbocycles. The predicted molar refractivity (Wildman–Crippen MR) is 127 cm³/mol. The second-order valence-corrected chi connectivity index (χ2v) is 8.03. The number of nitrogens with zero attached hydrogens (tertiary/aromatic N) is 1. The van der Waals surface area contributed by atoms with Gasteiger partial charge in [-0.2, -0.15) is 0 Å². The molecule has 0 heterocycles. The molecule has 0 aliphatic carbocycles. The Morgan fingerprint density at radius 3 is 1.97 bits per heavy atom. The molecule has 7 nitrogen and oxygen atoms in total. The minimum atomic E-state index is -1.86. The van der Waals surface area contributed by atoms with Crippen molar-refractivity contribution >= 4 is 23.5 Å². The molecular formula is C25H40N2O5. The van der Waals surface area contributed by atoms with Gasteiger partial charge in [0.25, 0.3) is 0 Å². The number of anilines is 1. The summed E-state index contributed by atoms with van der Waals surface area (Å²) in [6, 6.07) is 8.04. The summed E-state index contributed by atoms with van der Waals surface area (Å²) >= 11 is 0. The van der Waals surface area contributed by atoms with Crippen LogP contribution in [0.2, 0.25) is 0 Å². The van der Waals surface area contributed by atoms with E-state index < -0.39 is 23.4 Å². The average Bonchev–Trinajstić information content (AvgIpc) is 2.76. The van der Waals surface area contributed by atoms with E-state index in [4.69, 9.17) is 9.47 Å². The van der Waals surface area contributed by atoms with Crippen molar-refractivity contribution in [3.8, 4) is 0 Å². The van der Waals surface area contributed by atoms with Crippen LogP contribution in [0.3, 0.4) is 0 Å². The summed E-state index contributed by atoms with van der Waals surface area (Å²) in [5, 5.41) is 2.50. The van der Waals surface area contributed by atoms with E-state index in [9.17, 15) is 14.4 Å². The number of benzene rings is 1. The number of nitrogens with one attached hydrogen (secondary N) is 1. The molecule has 0 bridgehead atoms. The molecule has 0 unspecified atom stereocenters. The van der Waals surface area contributed by atoms with Crippen molar-refractivity contribution in [2.45, 2.75) is 78.2 Å².